The van der Waals surface area contributed by atoms with Crippen LogP contribution >= 0.6 is 23.2 Å². The molecule has 0 aliphatic carbocycles. The third-order valence-electron chi connectivity index (χ3n) is 4.35. The van der Waals surface area contributed by atoms with Gasteiger partial charge in [-0.25, -0.2) is 26.7 Å². The highest BCUT2D eigenvalue weighted by Crippen LogP contribution is 2.37. The van der Waals surface area contributed by atoms with Crippen LogP contribution < -0.4 is 9.75 Å². The van der Waals surface area contributed by atoms with Crippen molar-refractivity contribution in [2.75, 3.05) is 18.7 Å². The molecule has 3 rings (SSSR count). The molecule has 0 aromatic heterocycles. The molecule has 0 radical (unpaired) electrons. The fraction of sp³-hybridized carbons (Fsp3) is 0.150. The molecule has 0 bridgehead atoms. The van der Waals surface area contributed by atoms with Crippen molar-refractivity contribution >= 4 is 52.6 Å². The van der Waals surface area contributed by atoms with Gasteiger partial charge in [-0.05, 0) is 30.7 Å². The van der Waals surface area contributed by atoms with Gasteiger partial charge in [0.2, 0.25) is 5.82 Å². The highest BCUT2D eigenvalue weighted by atomic mass is 35.5. The molecule has 0 atom stereocenters. The standard InChI is InChI=1S/C20H11Cl2F5N2O4/c1-7-9(3-8-4-10(21)19(11(22)5-8)33-6-12(30)32-2)20(31)29(28-7)18-16(26)14(24)13(23)15(25)17(18)27/h3-5H,6H2,1-2H3/b9-3+. The summed E-state index contributed by atoms with van der Waals surface area (Å²) in [7, 11) is 1.16. The Balaban J connectivity index is 1.98. The van der Waals surface area contributed by atoms with Gasteiger partial charge in [-0.2, -0.15) is 10.1 Å². The second-order valence-corrected chi connectivity index (χ2v) is 7.27. The zero-order chi connectivity index (χ0) is 24.6. The molecule has 6 nitrogen and oxygen atoms in total. The average Bonchev–Trinajstić information content (AvgIpc) is 3.03. The topological polar surface area (TPSA) is 68.2 Å². The maximum Gasteiger partial charge on any atom is 0.343 e. The van der Waals surface area contributed by atoms with Crippen molar-refractivity contribution in [3.05, 3.63) is 62.4 Å². The first-order valence-corrected chi connectivity index (χ1v) is 9.55. The van der Waals surface area contributed by atoms with E-state index in [4.69, 9.17) is 27.9 Å². The maximum atomic E-state index is 14.1. The number of esters is 1. The van der Waals surface area contributed by atoms with Gasteiger partial charge in [0.15, 0.2) is 35.6 Å². The summed E-state index contributed by atoms with van der Waals surface area (Å²) in [5, 5.41) is 3.61. The Morgan fingerprint density at radius 3 is 2.06 bits per heavy atom. The molecule has 0 saturated carbocycles. The number of hydrogen-bond donors (Lipinski definition) is 0. The third-order valence-corrected chi connectivity index (χ3v) is 4.92. The van der Waals surface area contributed by atoms with Gasteiger partial charge in [-0.15, -0.1) is 0 Å². The highest BCUT2D eigenvalue weighted by Gasteiger charge is 2.37. The summed E-state index contributed by atoms with van der Waals surface area (Å²) in [6.45, 7) is 0.810. The molecule has 0 fully saturated rings. The number of methoxy groups -OCH3 is 1. The molecule has 0 unspecified atom stereocenters. The monoisotopic (exact) mass is 508 g/mol. The van der Waals surface area contributed by atoms with Crippen molar-refractivity contribution in [1.82, 2.24) is 0 Å². The van der Waals surface area contributed by atoms with Gasteiger partial charge in [-0.3, -0.25) is 4.79 Å². The Bertz CT molecular complexity index is 1200. The van der Waals surface area contributed by atoms with Crippen LogP contribution in [-0.4, -0.2) is 31.3 Å². The second kappa shape index (κ2) is 9.36. The first-order valence-electron chi connectivity index (χ1n) is 8.79. The number of benzene rings is 2. The summed E-state index contributed by atoms with van der Waals surface area (Å²) in [6.07, 6.45) is 1.19. The second-order valence-electron chi connectivity index (χ2n) is 6.46. The van der Waals surface area contributed by atoms with Gasteiger partial charge in [0.25, 0.3) is 5.91 Å². The van der Waals surface area contributed by atoms with Gasteiger partial charge in [-0.1, -0.05) is 23.2 Å². The van der Waals surface area contributed by atoms with Crippen LogP contribution in [-0.2, 0) is 14.3 Å². The Morgan fingerprint density at radius 2 is 1.55 bits per heavy atom. The summed E-state index contributed by atoms with van der Waals surface area (Å²) in [5.74, 6) is -13.1. The van der Waals surface area contributed by atoms with E-state index in [1.54, 1.807) is 0 Å². The zero-order valence-corrected chi connectivity index (χ0v) is 18.1. The largest absolute Gasteiger partial charge is 0.479 e. The van der Waals surface area contributed by atoms with Crippen LogP contribution in [0.5, 0.6) is 5.75 Å². The smallest absolute Gasteiger partial charge is 0.343 e. The predicted molar refractivity (Wildman–Crippen MR) is 109 cm³/mol. The minimum Gasteiger partial charge on any atom is -0.479 e. The fourth-order valence-electron chi connectivity index (χ4n) is 2.77. The average molecular weight is 509 g/mol. The van der Waals surface area contributed by atoms with Crippen LogP contribution in [0, 0.1) is 29.1 Å². The van der Waals surface area contributed by atoms with E-state index in [-0.39, 0.29) is 37.7 Å². The summed E-state index contributed by atoms with van der Waals surface area (Å²) < 4.78 is 78.3. The number of hydrogen-bond acceptors (Lipinski definition) is 5. The number of ether oxygens (including phenoxy) is 2. The van der Waals surface area contributed by atoms with Crippen molar-refractivity contribution in [3.8, 4) is 5.75 Å². The number of hydrazone groups is 1. The van der Waals surface area contributed by atoms with Crippen LogP contribution in [0.3, 0.4) is 0 Å². The molecule has 13 heteroatoms. The lowest BCUT2D eigenvalue weighted by molar-refractivity contribution is -0.142. The van der Waals surface area contributed by atoms with E-state index >= 15 is 0 Å². The minimum atomic E-state index is -2.37. The molecule has 1 heterocycles. The highest BCUT2D eigenvalue weighted by molar-refractivity contribution is 6.37. The number of carbonyl (C=O) groups is 2. The molecule has 1 aliphatic heterocycles. The van der Waals surface area contributed by atoms with Gasteiger partial charge in [0.05, 0.1) is 28.4 Å². The number of nitrogens with zero attached hydrogens (tertiary/aromatic N) is 2. The molecular formula is C20H11Cl2F5N2O4. The summed E-state index contributed by atoms with van der Waals surface area (Å²) in [5.41, 5.74) is -1.61. The number of rotatable bonds is 5. The molecule has 0 saturated heterocycles. The number of halogens is 7. The molecule has 1 amide bonds. The quantitative estimate of drug-likeness (QED) is 0.186. The molecular weight excluding hydrogens is 498 g/mol. The zero-order valence-electron chi connectivity index (χ0n) is 16.6. The van der Waals surface area contributed by atoms with E-state index < -0.39 is 53.3 Å². The van der Waals surface area contributed by atoms with Crippen LogP contribution in [0.2, 0.25) is 10.0 Å². The van der Waals surface area contributed by atoms with Crippen molar-refractivity contribution in [1.29, 1.82) is 0 Å². The number of amides is 1. The lowest BCUT2D eigenvalue weighted by Gasteiger charge is -2.15. The molecule has 1 aliphatic rings. The molecule has 0 N–H and O–H groups in total. The van der Waals surface area contributed by atoms with Gasteiger partial charge >= 0.3 is 5.97 Å². The first-order chi connectivity index (χ1) is 15.5. The summed E-state index contributed by atoms with van der Waals surface area (Å²) in [4.78, 5) is 23.9. The van der Waals surface area contributed by atoms with E-state index in [9.17, 15) is 31.5 Å². The minimum absolute atomic E-state index is 0.0444. The summed E-state index contributed by atoms with van der Waals surface area (Å²) >= 11 is 12.2. The number of anilines is 1. The van der Waals surface area contributed by atoms with Crippen LogP contribution in [0.1, 0.15) is 12.5 Å². The summed E-state index contributed by atoms with van der Waals surface area (Å²) in [6, 6.07) is 2.60. The fourth-order valence-corrected chi connectivity index (χ4v) is 3.39. The van der Waals surface area contributed by atoms with E-state index in [1.807, 2.05) is 0 Å². The Kier molecular flexibility index (Phi) is 6.94. The molecule has 0 spiro atoms. The van der Waals surface area contributed by atoms with Gasteiger partial charge in [0.1, 0.15) is 5.69 Å². The first kappa shape index (κ1) is 24.5. The van der Waals surface area contributed by atoms with Crippen molar-refractivity contribution in [2.24, 2.45) is 5.10 Å². The van der Waals surface area contributed by atoms with Crippen molar-refractivity contribution in [3.63, 3.8) is 0 Å². The Morgan fingerprint density at radius 1 is 1.03 bits per heavy atom. The third kappa shape index (κ3) is 4.51. The Labute approximate surface area is 192 Å². The van der Waals surface area contributed by atoms with Crippen molar-refractivity contribution in [2.45, 2.75) is 6.92 Å². The SMILES string of the molecule is COC(=O)COc1c(Cl)cc(/C=C2/C(=O)N(c3c(F)c(F)c(F)c(F)c3F)N=C2C)cc1Cl. The molecule has 33 heavy (non-hydrogen) atoms. The van der Waals surface area contributed by atoms with Gasteiger partial charge in [0, 0.05) is 0 Å². The molecule has 174 valence electrons. The van der Waals surface area contributed by atoms with E-state index in [0.717, 1.165) is 7.11 Å². The van der Waals surface area contributed by atoms with Crippen molar-refractivity contribution < 1.29 is 41.0 Å². The normalized spacial score (nSPS) is 14.7. The van der Waals surface area contributed by atoms with Crippen LogP contribution in [0.15, 0.2) is 22.8 Å². The van der Waals surface area contributed by atoms with Crippen LogP contribution in [0.25, 0.3) is 6.08 Å². The van der Waals surface area contributed by atoms with Crippen LogP contribution in [0.4, 0.5) is 27.6 Å². The maximum absolute atomic E-state index is 14.1. The molecule has 2 aromatic carbocycles. The molecule has 2 aromatic rings. The van der Waals surface area contributed by atoms with E-state index in [2.05, 4.69) is 9.84 Å². The lowest BCUT2D eigenvalue weighted by atomic mass is 10.1. The lowest BCUT2D eigenvalue weighted by Crippen LogP contribution is -2.25. The number of carbonyl (C=O) groups excluding carboxylic acids is 2. The van der Waals surface area contributed by atoms with E-state index in [1.165, 1.54) is 25.1 Å². The Hall–Kier alpha value is -3.18. The predicted octanol–water partition coefficient (Wildman–Crippen LogP) is 5.05. The van der Waals surface area contributed by atoms with Gasteiger partial charge < -0.3 is 9.47 Å². The van der Waals surface area contributed by atoms with E-state index in [0.29, 0.717) is 0 Å².